The number of amides is 4. The van der Waals surface area contributed by atoms with Gasteiger partial charge in [-0.25, -0.2) is 0 Å². The summed E-state index contributed by atoms with van der Waals surface area (Å²) in [6.45, 7) is 0.365. The first kappa shape index (κ1) is 26.1. The number of benzene rings is 2. The summed E-state index contributed by atoms with van der Waals surface area (Å²) in [5, 5.41) is 2.64. The number of rotatable bonds is 3. The van der Waals surface area contributed by atoms with Crippen molar-refractivity contribution in [1.29, 1.82) is 0 Å². The molecule has 6 nitrogen and oxygen atoms in total. The third-order valence-corrected chi connectivity index (χ3v) is 6.95. The van der Waals surface area contributed by atoms with Crippen molar-refractivity contribution in [1.82, 2.24) is 10.2 Å². The number of nitrogens with one attached hydrogen (secondary N) is 1. The normalized spacial score (nSPS) is 15.1. The first-order valence-corrected chi connectivity index (χ1v) is 13.4. The van der Waals surface area contributed by atoms with Crippen molar-refractivity contribution in [3.8, 4) is 0 Å². The highest BCUT2D eigenvalue weighted by atomic mass is 79.9. The van der Waals surface area contributed by atoms with Crippen LogP contribution in [0.1, 0.15) is 11.1 Å². The SMILES string of the molecule is BrCc1cccc(Br)c1.O=C1CSC(=O)N1.O=C1CSC(=O)N1Cc1cccc(Br)c1. The van der Waals surface area contributed by atoms with Crippen LogP contribution in [0.4, 0.5) is 9.59 Å². The van der Waals surface area contributed by atoms with E-state index in [0.717, 1.165) is 43.4 Å². The molecule has 2 aliphatic rings. The Kier molecular flexibility index (Phi) is 11.3. The summed E-state index contributed by atoms with van der Waals surface area (Å²) in [6.07, 6.45) is 0. The van der Waals surface area contributed by atoms with E-state index in [4.69, 9.17) is 0 Å². The molecule has 164 valence electrons. The number of halogens is 3. The minimum Gasteiger partial charge on any atom is -0.286 e. The summed E-state index contributed by atoms with van der Waals surface area (Å²) >= 11 is 12.2. The molecule has 0 radical (unpaired) electrons. The molecule has 2 aliphatic heterocycles. The van der Waals surface area contributed by atoms with Gasteiger partial charge in [-0.3, -0.25) is 29.4 Å². The van der Waals surface area contributed by atoms with Gasteiger partial charge in [-0.15, -0.1) is 0 Å². The number of hydrogen-bond acceptors (Lipinski definition) is 6. The molecule has 2 aromatic carbocycles. The molecule has 2 saturated heterocycles. The summed E-state index contributed by atoms with van der Waals surface area (Å²) in [4.78, 5) is 44.1. The van der Waals surface area contributed by atoms with Crippen molar-refractivity contribution in [2.75, 3.05) is 11.5 Å². The molecular weight excluding hydrogens is 636 g/mol. The largest absolute Gasteiger partial charge is 0.289 e. The van der Waals surface area contributed by atoms with Gasteiger partial charge in [0.05, 0.1) is 18.1 Å². The van der Waals surface area contributed by atoms with Crippen LogP contribution in [-0.4, -0.2) is 38.7 Å². The van der Waals surface area contributed by atoms with Gasteiger partial charge >= 0.3 is 0 Å². The predicted molar refractivity (Wildman–Crippen MR) is 135 cm³/mol. The smallest absolute Gasteiger partial charge is 0.286 e. The van der Waals surface area contributed by atoms with Gasteiger partial charge in [0.1, 0.15) is 0 Å². The van der Waals surface area contributed by atoms with Gasteiger partial charge in [-0.2, -0.15) is 0 Å². The highest BCUT2D eigenvalue weighted by molar-refractivity contribution is 9.10. The fourth-order valence-electron chi connectivity index (χ4n) is 2.29. The second kappa shape index (κ2) is 13.4. The molecule has 0 saturated carbocycles. The standard InChI is InChI=1S/C10H8BrNO2S.C7H6Br2.C3H3NO2S/c11-8-3-1-2-7(4-8)5-12-9(13)6-15-10(12)14;8-5-6-2-1-3-7(9)4-6;5-2-1-7-3(6)4-2/h1-4H,5-6H2;1-4H,5H2;1H2,(H,4,5,6). The van der Waals surface area contributed by atoms with Crippen LogP contribution in [0.5, 0.6) is 0 Å². The van der Waals surface area contributed by atoms with E-state index in [2.05, 4.69) is 65.2 Å². The maximum atomic E-state index is 11.3. The molecule has 4 rings (SSSR count). The van der Waals surface area contributed by atoms with E-state index in [0.29, 0.717) is 12.3 Å². The Morgan fingerprint density at radius 1 is 0.871 bits per heavy atom. The van der Waals surface area contributed by atoms with Gasteiger partial charge < -0.3 is 0 Å². The summed E-state index contributed by atoms with van der Waals surface area (Å²) in [7, 11) is 0. The molecule has 4 amide bonds. The van der Waals surface area contributed by atoms with E-state index in [-0.39, 0.29) is 28.0 Å². The van der Waals surface area contributed by atoms with E-state index in [1.54, 1.807) is 0 Å². The van der Waals surface area contributed by atoms with E-state index in [1.165, 1.54) is 10.5 Å². The molecule has 11 heteroatoms. The predicted octanol–water partition coefficient (Wildman–Crippen LogP) is 5.96. The van der Waals surface area contributed by atoms with Gasteiger partial charge in [0, 0.05) is 14.3 Å². The molecule has 1 N–H and O–H groups in total. The van der Waals surface area contributed by atoms with Gasteiger partial charge in [-0.1, -0.05) is 95.6 Å². The summed E-state index contributed by atoms with van der Waals surface area (Å²) < 4.78 is 2.09. The van der Waals surface area contributed by atoms with Crippen LogP contribution >= 0.6 is 71.3 Å². The molecule has 2 aromatic rings. The molecule has 2 heterocycles. The number of imide groups is 2. The minimum atomic E-state index is -0.231. The molecule has 0 aromatic heterocycles. The zero-order valence-electron chi connectivity index (χ0n) is 16.0. The molecular formula is C20H17Br3N2O4S2. The Morgan fingerprint density at radius 2 is 1.48 bits per heavy atom. The highest BCUT2D eigenvalue weighted by Gasteiger charge is 2.29. The van der Waals surface area contributed by atoms with Crippen molar-refractivity contribution in [2.24, 2.45) is 0 Å². The summed E-state index contributed by atoms with van der Waals surface area (Å²) in [5.41, 5.74) is 2.25. The Hall–Kier alpha value is -1.14. The maximum absolute atomic E-state index is 11.3. The van der Waals surface area contributed by atoms with E-state index >= 15 is 0 Å². The van der Waals surface area contributed by atoms with Crippen molar-refractivity contribution < 1.29 is 19.2 Å². The fraction of sp³-hybridized carbons (Fsp3) is 0.200. The number of hydrogen-bond donors (Lipinski definition) is 1. The van der Waals surface area contributed by atoms with Crippen molar-refractivity contribution in [3.05, 3.63) is 68.6 Å². The van der Waals surface area contributed by atoms with Crippen LogP contribution in [0, 0.1) is 0 Å². The number of carbonyl (C=O) groups excluding carboxylic acids is 4. The zero-order chi connectivity index (χ0) is 22.8. The minimum absolute atomic E-state index is 0.107. The van der Waals surface area contributed by atoms with Crippen molar-refractivity contribution in [3.63, 3.8) is 0 Å². The third kappa shape index (κ3) is 9.48. The first-order chi connectivity index (χ1) is 14.8. The van der Waals surface area contributed by atoms with Crippen LogP contribution in [0.3, 0.4) is 0 Å². The Morgan fingerprint density at radius 3 is 1.87 bits per heavy atom. The van der Waals surface area contributed by atoms with Crippen LogP contribution < -0.4 is 5.32 Å². The number of alkyl halides is 1. The monoisotopic (exact) mass is 650 g/mol. The quantitative estimate of drug-likeness (QED) is 0.412. The molecule has 0 unspecified atom stereocenters. The Bertz CT molecular complexity index is 945. The van der Waals surface area contributed by atoms with E-state index in [9.17, 15) is 19.2 Å². The van der Waals surface area contributed by atoms with Crippen LogP contribution in [0.2, 0.25) is 0 Å². The zero-order valence-corrected chi connectivity index (χ0v) is 22.4. The lowest BCUT2D eigenvalue weighted by atomic mass is 10.2. The first-order valence-electron chi connectivity index (χ1n) is 8.77. The van der Waals surface area contributed by atoms with E-state index in [1.807, 2.05) is 36.4 Å². The van der Waals surface area contributed by atoms with E-state index < -0.39 is 0 Å². The average molecular weight is 653 g/mol. The molecule has 0 aliphatic carbocycles. The van der Waals surface area contributed by atoms with Gasteiger partial charge in [0.25, 0.3) is 10.5 Å². The molecule has 31 heavy (non-hydrogen) atoms. The lowest BCUT2D eigenvalue weighted by Crippen LogP contribution is -2.27. The molecule has 2 fully saturated rings. The second-order valence-corrected chi connectivity index (χ2v) is 10.3. The van der Waals surface area contributed by atoms with Crippen LogP contribution in [-0.2, 0) is 21.5 Å². The summed E-state index contributed by atoms with van der Waals surface area (Å²) in [5.74, 6) is 0.269. The maximum Gasteiger partial charge on any atom is 0.289 e. The van der Waals surface area contributed by atoms with Gasteiger partial charge in [0.15, 0.2) is 0 Å². The second-order valence-electron chi connectivity index (χ2n) is 6.05. The number of nitrogens with zero attached hydrogens (tertiary/aromatic N) is 1. The lowest BCUT2D eigenvalue weighted by Gasteiger charge is -2.12. The van der Waals surface area contributed by atoms with Gasteiger partial charge in [-0.05, 0) is 35.4 Å². The average Bonchev–Trinajstić information content (AvgIpc) is 3.27. The van der Waals surface area contributed by atoms with Crippen molar-refractivity contribution in [2.45, 2.75) is 11.9 Å². The van der Waals surface area contributed by atoms with Crippen LogP contribution in [0.25, 0.3) is 0 Å². The molecule has 0 atom stereocenters. The number of carbonyl (C=O) groups is 4. The topological polar surface area (TPSA) is 83.5 Å². The van der Waals surface area contributed by atoms with Crippen molar-refractivity contribution >= 4 is 93.6 Å². The lowest BCUT2D eigenvalue weighted by molar-refractivity contribution is -0.125. The Balaban J connectivity index is 0.000000181. The molecule has 0 spiro atoms. The fourth-order valence-corrected chi connectivity index (χ4v) is 4.78. The number of thioether (sulfide) groups is 2. The Labute approximate surface area is 213 Å². The van der Waals surface area contributed by atoms with Gasteiger partial charge in [0.2, 0.25) is 11.8 Å². The van der Waals surface area contributed by atoms with Crippen LogP contribution in [0.15, 0.2) is 57.5 Å². The molecule has 0 bridgehead atoms. The highest BCUT2D eigenvalue weighted by Crippen LogP contribution is 2.22. The summed E-state index contributed by atoms with van der Waals surface area (Å²) in [6, 6.07) is 15.8. The third-order valence-electron chi connectivity index (χ3n) is 3.69.